The van der Waals surface area contributed by atoms with Crippen LogP contribution in [0.1, 0.15) is 42.1 Å². The summed E-state index contributed by atoms with van der Waals surface area (Å²) in [6, 6.07) is 2.97. The Labute approximate surface area is 119 Å². The second kappa shape index (κ2) is 6.92. The van der Waals surface area contributed by atoms with Crippen LogP contribution in [0.3, 0.4) is 0 Å². The van der Waals surface area contributed by atoms with Crippen LogP contribution in [0.25, 0.3) is 0 Å². The topological polar surface area (TPSA) is 34.1 Å². The normalized spacial score (nSPS) is 11.4. The van der Waals surface area contributed by atoms with Gasteiger partial charge in [-0.3, -0.25) is 9.59 Å². The fourth-order valence-electron chi connectivity index (χ4n) is 1.74. The van der Waals surface area contributed by atoms with E-state index in [4.69, 9.17) is 0 Å². The van der Waals surface area contributed by atoms with Crippen LogP contribution < -0.4 is 0 Å². The van der Waals surface area contributed by atoms with Gasteiger partial charge in [0.15, 0.2) is 5.78 Å². The lowest BCUT2D eigenvalue weighted by Gasteiger charge is -2.11. The summed E-state index contributed by atoms with van der Waals surface area (Å²) in [5.41, 5.74) is -0.617. The number of halogens is 3. The number of hydrogen-bond donors (Lipinski definition) is 0. The molecule has 0 saturated heterocycles. The van der Waals surface area contributed by atoms with Gasteiger partial charge in [-0.05, 0) is 30.9 Å². The average molecular weight is 304 g/mol. The third-order valence-electron chi connectivity index (χ3n) is 2.72. The monoisotopic (exact) mass is 304 g/mol. The van der Waals surface area contributed by atoms with Crippen molar-refractivity contribution in [1.82, 2.24) is 0 Å². The Kier molecular flexibility index (Phi) is 5.80. The zero-order valence-electron chi connectivity index (χ0n) is 11.2. The molecular formula is C14H15F3O2S. The van der Waals surface area contributed by atoms with Crippen molar-refractivity contribution in [1.29, 1.82) is 0 Å². The molecule has 0 radical (unpaired) electrons. The Bertz CT molecular complexity index is 510. The smallest absolute Gasteiger partial charge is 0.299 e. The predicted molar refractivity (Wildman–Crippen MR) is 72.1 cm³/mol. The van der Waals surface area contributed by atoms with E-state index in [9.17, 15) is 22.8 Å². The molecule has 0 fully saturated rings. The van der Waals surface area contributed by atoms with Gasteiger partial charge in [0.05, 0.1) is 12.0 Å². The van der Waals surface area contributed by atoms with Gasteiger partial charge in [0, 0.05) is 16.9 Å². The number of rotatable bonds is 6. The lowest BCUT2D eigenvalue weighted by atomic mass is 10.0. The van der Waals surface area contributed by atoms with Crippen molar-refractivity contribution >= 4 is 23.3 Å². The van der Waals surface area contributed by atoms with E-state index in [0.717, 1.165) is 30.0 Å². The minimum atomic E-state index is -4.44. The van der Waals surface area contributed by atoms with Gasteiger partial charge in [-0.25, -0.2) is 0 Å². The van der Waals surface area contributed by atoms with Crippen molar-refractivity contribution < 1.29 is 22.8 Å². The van der Waals surface area contributed by atoms with Gasteiger partial charge >= 0.3 is 6.18 Å². The van der Waals surface area contributed by atoms with Crippen molar-refractivity contribution in [3.63, 3.8) is 0 Å². The van der Waals surface area contributed by atoms with Crippen LogP contribution in [-0.4, -0.2) is 17.8 Å². The quantitative estimate of drug-likeness (QED) is 0.444. The maximum absolute atomic E-state index is 12.6. The van der Waals surface area contributed by atoms with Crippen LogP contribution in [0.4, 0.5) is 13.2 Å². The van der Waals surface area contributed by atoms with Crippen LogP contribution in [0, 0.1) is 0 Å². The Balaban J connectivity index is 3.01. The summed E-state index contributed by atoms with van der Waals surface area (Å²) in [7, 11) is 0. The highest BCUT2D eigenvalue weighted by atomic mass is 32.2. The summed E-state index contributed by atoms with van der Waals surface area (Å²) in [5, 5.41) is 0. The zero-order valence-corrected chi connectivity index (χ0v) is 12.0. The SMILES string of the molecule is CCCC(=O)CC(=O)c1ccc(C(F)(F)F)cc1SC. The molecule has 0 unspecified atom stereocenters. The van der Waals surface area contributed by atoms with Gasteiger partial charge in [0.1, 0.15) is 5.78 Å². The molecule has 0 aromatic heterocycles. The molecule has 110 valence electrons. The summed E-state index contributed by atoms with van der Waals surface area (Å²) in [4.78, 5) is 23.6. The maximum atomic E-state index is 12.6. The Morgan fingerprint density at radius 2 is 1.90 bits per heavy atom. The Hall–Kier alpha value is -1.30. The largest absolute Gasteiger partial charge is 0.416 e. The summed E-state index contributed by atoms with van der Waals surface area (Å²) in [6.45, 7) is 1.83. The minimum absolute atomic E-state index is 0.176. The molecule has 1 aromatic rings. The molecule has 0 bridgehead atoms. The maximum Gasteiger partial charge on any atom is 0.416 e. The van der Waals surface area contributed by atoms with E-state index in [2.05, 4.69) is 0 Å². The molecule has 1 aromatic carbocycles. The van der Waals surface area contributed by atoms with Gasteiger partial charge in [-0.1, -0.05) is 6.92 Å². The van der Waals surface area contributed by atoms with E-state index < -0.39 is 17.5 Å². The van der Waals surface area contributed by atoms with E-state index >= 15 is 0 Å². The molecular weight excluding hydrogens is 289 g/mol. The number of benzene rings is 1. The fraction of sp³-hybridized carbons (Fsp3) is 0.429. The second-order valence-electron chi connectivity index (χ2n) is 4.30. The van der Waals surface area contributed by atoms with Crippen LogP contribution in [0.2, 0.25) is 0 Å². The van der Waals surface area contributed by atoms with Crippen LogP contribution in [0.5, 0.6) is 0 Å². The summed E-state index contributed by atoms with van der Waals surface area (Å²) < 4.78 is 37.8. The number of Topliss-reactive ketones (excluding diaryl/α,β-unsaturated/α-hetero) is 2. The standard InChI is InChI=1S/C14H15F3O2S/c1-3-4-10(18)8-12(19)11-6-5-9(14(15,16)17)7-13(11)20-2/h5-7H,3-4,8H2,1-2H3. The first kappa shape index (κ1) is 16.8. The molecule has 0 saturated carbocycles. The highest BCUT2D eigenvalue weighted by Crippen LogP contribution is 2.33. The molecule has 1 rings (SSSR count). The van der Waals surface area contributed by atoms with Crippen molar-refractivity contribution in [2.75, 3.05) is 6.26 Å². The van der Waals surface area contributed by atoms with E-state index in [1.165, 1.54) is 0 Å². The number of carbonyl (C=O) groups is 2. The Morgan fingerprint density at radius 3 is 2.40 bits per heavy atom. The number of thioether (sulfide) groups is 1. The molecule has 0 aliphatic carbocycles. The highest BCUT2D eigenvalue weighted by molar-refractivity contribution is 7.98. The summed E-state index contributed by atoms with van der Waals surface area (Å²) in [5.74, 6) is -0.619. The van der Waals surface area contributed by atoms with Crippen LogP contribution in [0.15, 0.2) is 23.1 Å². The number of hydrogen-bond acceptors (Lipinski definition) is 3. The van der Waals surface area contributed by atoms with Crippen molar-refractivity contribution in [2.24, 2.45) is 0 Å². The fourth-order valence-corrected chi connectivity index (χ4v) is 2.39. The second-order valence-corrected chi connectivity index (χ2v) is 5.15. The molecule has 0 aliphatic rings. The lowest BCUT2D eigenvalue weighted by Crippen LogP contribution is -2.11. The zero-order chi connectivity index (χ0) is 15.3. The number of ketones is 2. The van der Waals surface area contributed by atoms with Gasteiger partial charge in [0.2, 0.25) is 0 Å². The van der Waals surface area contributed by atoms with Gasteiger partial charge in [-0.2, -0.15) is 13.2 Å². The van der Waals surface area contributed by atoms with Crippen molar-refractivity contribution in [3.8, 4) is 0 Å². The van der Waals surface area contributed by atoms with E-state index in [0.29, 0.717) is 12.8 Å². The molecule has 6 heteroatoms. The van der Waals surface area contributed by atoms with E-state index in [1.54, 1.807) is 6.26 Å². The first-order valence-corrected chi connectivity index (χ1v) is 7.32. The molecule has 2 nitrogen and oxygen atoms in total. The number of alkyl halides is 3. The summed E-state index contributed by atoms with van der Waals surface area (Å²) in [6.07, 6.45) is -2.15. The van der Waals surface area contributed by atoms with Crippen LogP contribution >= 0.6 is 11.8 Å². The predicted octanol–water partition coefficient (Wildman–Crippen LogP) is 4.37. The van der Waals surface area contributed by atoms with Gasteiger partial charge < -0.3 is 0 Å². The third-order valence-corrected chi connectivity index (χ3v) is 3.49. The van der Waals surface area contributed by atoms with Gasteiger partial charge in [0.25, 0.3) is 0 Å². The highest BCUT2D eigenvalue weighted by Gasteiger charge is 2.31. The molecule has 0 atom stereocenters. The average Bonchev–Trinajstić information content (AvgIpc) is 2.37. The molecule has 20 heavy (non-hydrogen) atoms. The summed E-state index contributed by atoms with van der Waals surface area (Å²) >= 11 is 1.06. The van der Waals surface area contributed by atoms with E-state index in [1.807, 2.05) is 6.92 Å². The molecule has 0 aliphatic heterocycles. The number of carbonyl (C=O) groups excluding carboxylic acids is 2. The lowest BCUT2D eigenvalue weighted by molar-refractivity contribution is -0.137. The van der Waals surface area contributed by atoms with Crippen molar-refractivity contribution in [3.05, 3.63) is 29.3 Å². The van der Waals surface area contributed by atoms with E-state index in [-0.39, 0.29) is 22.7 Å². The minimum Gasteiger partial charge on any atom is -0.299 e. The van der Waals surface area contributed by atoms with Crippen molar-refractivity contribution in [2.45, 2.75) is 37.3 Å². The third kappa shape index (κ3) is 4.37. The first-order chi connectivity index (χ1) is 9.29. The Morgan fingerprint density at radius 1 is 1.25 bits per heavy atom. The first-order valence-electron chi connectivity index (χ1n) is 6.09. The molecule has 0 heterocycles. The van der Waals surface area contributed by atoms with Gasteiger partial charge in [-0.15, -0.1) is 11.8 Å². The molecule has 0 amide bonds. The van der Waals surface area contributed by atoms with Crippen LogP contribution in [-0.2, 0) is 11.0 Å². The molecule has 0 spiro atoms. The molecule has 0 N–H and O–H groups in total.